The highest BCUT2D eigenvalue weighted by Crippen LogP contribution is 2.28. The summed E-state index contributed by atoms with van der Waals surface area (Å²) in [6.07, 6.45) is 11.0. The maximum absolute atomic E-state index is 11.8. The molecule has 33 heavy (non-hydrogen) atoms. The molecule has 0 unspecified atom stereocenters. The quantitative estimate of drug-likeness (QED) is 0.419. The minimum atomic E-state index is -0.951. The Morgan fingerprint density at radius 2 is 2.12 bits per heavy atom. The minimum absolute atomic E-state index is 0.105. The van der Waals surface area contributed by atoms with E-state index in [0.717, 1.165) is 50.3 Å². The van der Waals surface area contributed by atoms with Gasteiger partial charge in [-0.05, 0) is 69.5 Å². The number of carbonyl (C=O) groups is 1. The monoisotopic (exact) mass is 449 g/mol. The Balaban J connectivity index is 1.25. The maximum atomic E-state index is 11.8. The molecule has 1 aliphatic carbocycles. The molecule has 1 atom stereocenters. The van der Waals surface area contributed by atoms with Gasteiger partial charge in [0.15, 0.2) is 11.5 Å². The average Bonchev–Trinajstić information content (AvgIpc) is 3.68. The number of fused-ring (bicyclic) bond motifs is 1. The van der Waals surface area contributed by atoms with Gasteiger partial charge >= 0.3 is 5.97 Å². The predicted molar refractivity (Wildman–Crippen MR) is 125 cm³/mol. The zero-order valence-electron chi connectivity index (χ0n) is 18.8. The number of hydrogen-bond acceptors (Lipinski definition) is 8. The summed E-state index contributed by atoms with van der Waals surface area (Å²) >= 11 is 0. The van der Waals surface area contributed by atoms with E-state index in [0.29, 0.717) is 19.0 Å². The van der Waals surface area contributed by atoms with Crippen molar-refractivity contribution in [2.45, 2.75) is 63.5 Å². The summed E-state index contributed by atoms with van der Waals surface area (Å²) in [7, 11) is 0. The molecule has 9 nitrogen and oxygen atoms in total. The fourth-order valence-electron chi connectivity index (χ4n) is 4.29. The highest BCUT2D eigenvalue weighted by Gasteiger charge is 2.30. The first-order valence-electron chi connectivity index (χ1n) is 11.8. The standard InChI is InChI=1S/C24H31N7O2/c25-16-21-23(28-13-12-26-21)30-20(24(32)33)10-15-31(19-8-9-19)14-2-1-5-18-7-6-17-4-3-11-27-22(17)29-18/h6-7,12-13,19-20H,1-5,8-11,14-15H2,(H,27,29)(H,28,30)(H,32,33)/t20-/m0/s1. The molecule has 9 heteroatoms. The van der Waals surface area contributed by atoms with E-state index in [1.807, 2.05) is 6.07 Å². The van der Waals surface area contributed by atoms with Crippen LogP contribution in [-0.4, -0.2) is 62.6 Å². The second-order valence-corrected chi connectivity index (χ2v) is 8.75. The maximum Gasteiger partial charge on any atom is 0.326 e. The van der Waals surface area contributed by atoms with E-state index < -0.39 is 12.0 Å². The number of unbranched alkanes of at least 4 members (excludes halogenated alkanes) is 1. The van der Waals surface area contributed by atoms with Gasteiger partial charge in [-0.1, -0.05) is 6.07 Å². The van der Waals surface area contributed by atoms with E-state index in [1.165, 1.54) is 37.2 Å². The molecule has 0 bridgehead atoms. The number of nitriles is 1. The Morgan fingerprint density at radius 1 is 1.27 bits per heavy atom. The highest BCUT2D eigenvalue weighted by molar-refractivity contribution is 5.77. The molecule has 2 aliphatic rings. The molecule has 1 saturated carbocycles. The first-order valence-corrected chi connectivity index (χ1v) is 11.8. The van der Waals surface area contributed by atoms with Gasteiger partial charge in [-0.2, -0.15) is 5.26 Å². The number of nitrogens with zero attached hydrogens (tertiary/aromatic N) is 5. The lowest BCUT2D eigenvalue weighted by atomic mass is 10.1. The Bertz CT molecular complexity index is 1000. The Labute approximate surface area is 194 Å². The highest BCUT2D eigenvalue weighted by atomic mass is 16.4. The molecule has 1 aliphatic heterocycles. The second-order valence-electron chi connectivity index (χ2n) is 8.75. The largest absolute Gasteiger partial charge is 0.480 e. The normalized spacial score (nSPS) is 15.9. The molecular weight excluding hydrogens is 418 g/mol. The summed E-state index contributed by atoms with van der Waals surface area (Å²) in [5.74, 6) is 0.318. The van der Waals surface area contributed by atoms with Crippen LogP contribution in [0.2, 0.25) is 0 Å². The van der Waals surface area contributed by atoms with Crippen molar-refractivity contribution in [1.82, 2.24) is 19.9 Å². The van der Waals surface area contributed by atoms with Crippen LogP contribution in [0.4, 0.5) is 11.6 Å². The number of anilines is 2. The van der Waals surface area contributed by atoms with Crippen LogP contribution >= 0.6 is 0 Å². The molecule has 0 saturated heterocycles. The van der Waals surface area contributed by atoms with Crippen molar-refractivity contribution in [2.24, 2.45) is 0 Å². The number of carboxylic acid groups (broad SMARTS) is 1. The Kier molecular flexibility index (Phi) is 7.68. The lowest BCUT2D eigenvalue weighted by Crippen LogP contribution is -2.36. The summed E-state index contributed by atoms with van der Waals surface area (Å²) in [4.78, 5) is 27.0. The second kappa shape index (κ2) is 11.1. The third kappa shape index (κ3) is 6.39. The summed E-state index contributed by atoms with van der Waals surface area (Å²) in [6.45, 7) is 2.65. The van der Waals surface area contributed by atoms with Gasteiger partial charge in [-0.25, -0.2) is 19.7 Å². The van der Waals surface area contributed by atoms with Crippen molar-refractivity contribution in [1.29, 1.82) is 5.26 Å². The lowest BCUT2D eigenvalue weighted by molar-refractivity contribution is -0.138. The summed E-state index contributed by atoms with van der Waals surface area (Å²) in [6, 6.07) is 6.04. The molecule has 0 spiro atoms. The molecule has 0 amide bonds. The predicted octanol–water partition coefficient (Wildman–Crippen LogP) is 2.84. The van der Waals surface area contributed by atoms with Crippen LogP contribution in [0.3, 0.4) is 0 Å². The fourth-order valence-corrected chi connectivity index (χ4v) is 4.29. The van der Waals surface area contributed by atoms with E-state index in [-0.39, 0.29) is 11.5 Å². The number of aliphatic carboxylic acids is 1. The molecule has 0 radical (unpaired) electrons. The summed E-state index contributed by atoms with van der Waals surface area (Å²) < 4.78 is 0. The van der Waals surface area contributed by atoms with Crippen LogP contribution in [0.25, 0.3) is 0 Å². The van der Waals surface area contributed by atoms with Gasteiger partial charge in [0.05, 0.1) is 0 Å². The summed E-state index contributed by atoms with van der Waals surface area (Å²) in [5.41, 5.74) is 2.55. The van der Waals surface area contributed by atoms with Crippen molar-refractivity contribution < 1.29 is 9.90 Å². The van der Waals surface area contributed by atoms with Crippen LogP contribution in [0.15, 0.2) is 24.5 Å². The van der Waals surface area contributed by atoms with Crippen LogP contribution in [-0.2, 0) is 17.6 Å². The van der Waals surface area contributed by atoms with Gasteiger partial charge in [-0.15, -0.1) is 0 Å². The average molecular weight is 450 g/mol. The van der Waals surface area contributed by atoms with Crippen LogP contribution in [0.5, 0.6) is 0 Å². The van der Waals surface area contributed by atoms with Crippen LogP contribution in [0, 0.1) is 11.3 Å². The van der Waals surface area contributed by atoms with Crippen molar-refractivity contribution in [3.63, 3.8) is 0 Å². The number of rotatable bonds is 12. The van der Waals surface area contributed by atoms with E-state index >= 15 is 0 Å². The zero-order chi connectivity index (χ0) is 23.0. The summed E-state index contributed by atoms with van der Waals surface area (Å²) in [5, 5.41) is 25.1. The smallest absolute Gasteiger partial charge is 0.326 e. The molecule has 4 rings (SSSR count). The third-order valence-electron chi connectivity index (χ3n) is 6.26. The molecule has 3 N–H and O–H groups in total. The van der Waals surface area contributed by atoms with E-state index in [9.17, 15) is 15.2 Å². The molecule has 174 valence electrons. The topological polar surface area (TPSA) is 127 Å². The number of hydrogen-bond donors (Lipinski definition) is 3. The first-order chi connectivity index (χ1) is 16.1. The zero-order valence-corrected chi connectivity index (χ0v) is 18.8. The SMILES string of the molecule is N#Cc1nccnc1N[C@@H](CCN(CCCCc1ccc2c(n1)NCCC2)C1CC1)C(=O)O. The molecule has 1 fully saturated rings. The van der Waals surface area contributed by atoms with Gasteiger partial charge in [0.25, 0.3) is 0 Å². The van der Waals surface area contributed by atoms with E-state index in [1.54, 1.807) is 0 Å². The van der Waals surface area contributed by atoms with Crippen molar-refractivity contribution in [3.8, 4) is 6.07 Å². The first kappa shape index (κ1) is 22.9. The lowest BCUT2D eigenvalue weighted by Gasteiger charge is -2.24. The van der Waals surface area contributed by atoms with E-state index in [2.05, 4.69) is 37.6 Å². The Hall–Kier alpha value is -3.25. The van der Waals surface area contributed by atoms with Crippen LogP contribution < -0.4 is 10.6 Å². The minimum Gasteiger partial charge on any atom is -0.480 e. The number of aromatic nitrogens is 3. The number of pyridine rings is 1. The van der Waals surface area contributed by atoms with Gasteiger partial charge in [0.1, 0.15) is 17.9 Å². The van der Waals surface area contributed by atoms with Crippen molar-refractivity contribution in [2.75, 3.05) is 30.3 Å². The molecule has 3 heterocycles. The Morgan fingerprint density at radius 3 is 2.91 bits per heavy atom. The molecular formula is C24H31N7O2. The van der Waals surface area contributed by atoms with Gasteiger partial charge < -0.3 is 20.6 Å². The third-order valence-corrected chi connectivity index (χ3v) is 6.26. The van der Waals surface area contributed by atoms with Gasteiger partial charge in [0.2, 0.25) is 0 Å². The van der Waals surface area contributed by atoms with Gasteiger partial charge in [0, 0.05) is 37.2 Å². The molecule has 2 aromatic rings. The van der Waals surface area contributed by atoms with Crippen LogP contribution in [0.1, 0.15) is 55.5 Å². The number of aryl methyl sites for hydroxylation is 2. The molecule has 0 aromatic carbocycles. The number of nitrogens with one attached hydrogen (secondary N) is 2. The van der Waals surface area contributed by atoms with Crippen molar-refractivity contribution >= 4 is 17.6 Å². The van der Waals surface area contributed by atoms with E-state index in [4.69, 9.17) is 4.98 Å². The van der Waals surface area contributed by atoms with Gasteiger partial charge in [-0.3, -0.25) is 0 Å². The fraction of sp³-hybridized carbons (Fsp3) is 0.542. The molecule has 2 aromatic heterocycles. The number of carboxylic acids is 1. The van der Waals surface area contributed by atoms with Crippen molar-refractivity contribution in [3.05, 3.63) is 41.5 Å².